The number of carbonyl (C=O) groups excluding carboxylic acids is 4. The molecular weight excluding hydrogens is 334 g/mol. The van der Waals surface area contributed by atoms with Crippen LogP contribution in [0.3, 0.4) is 0 Å². The molecule has 0 radical (unpaired) electrons. The summed E-state index contributed by atoms with van der Waals surface area (Å²) in [6.45, 7) is 5.04. The molecule has 0 saturated heterocycles. The number of hydrogen-bond donors (Lipinski definition) is 2. The van der Waals surface area contributed by atoms with E-state index in [2.05, 4.69) is 19.5 Å². The van der Waals surface area contributed by atoms with Crippen molar-refractivity contribution in [2.45, 2.75) is 39.3 Å². The maximum Gasteiger partial charge on any atom is 0.328 e. The molecule has 0 unspecified atom stereocenters. The van der Waals surface area contributed by atoms with Gasteiger partial charge in [0.05, 0.1) is 21.3 Å². The third-order valence-corrected chi connectivity index (χ3v) is 3.71. The molecule has 0 bridgehead atoms. The molecule has 144 valence electrons. The summed E-state index contributed by atoms with van der Waals surface area (Å²) >= 11 is 0. The summed E-state index contributed by atoms with van der Waals surface area (Å²) in [5.74, 6) is -5.91. The van der Waals surface area contributed by atoms with E-state index in [0.29, 0.717) is 0 Å². The number of aliphatic hydroxyl groups excluding tert-OH is 1. The lowest BCUT2D eigenvalue weighted by Gasteiger charge is -2.27. The molecule has 0 aromatic rings. The predicted molar refractivity (Wildman–Crippen MR) is 86.1 cm³/mol. The highest BCUT2D eigenvalue weighted by molar-refractivity contribution is 5.96. The van der Waals surface area contributed by atoms with E-state index in [-0.39, 0.29) is 12.3 Å². The highest BCUT2D eigenvalue weighted by Crippen LogP contribution is 2.21. The number of nitrogens with one attached hydrogen (secondary N) is 1. The zero-order valence-electron chi connectivity index (χ0n) is 15.4. The molecule has 0 aromatic heterocycles. The molecule has 0 aromatic carbocycles. The third kappa shape index (κ3) is 6.69. The lowest BCUT2D eigenvalue weighted by Crippen LogP contribution is -2.53. The molecule has 0 aliphatic carbocycles. The van der Waals surface area contributed by atoms with Crippen LogP contribution in [0.1, 0.15) is 27.2 Å². The molecule has 2 N–H and O–H groups in total. The van der Waals surface area contributed by atoms with Crippen LogP contribution in [0.5, 0.6) is 0 Å². The van der Waals surface area contributed by atoms with Gasteiger partial charge in [0, 0.05) is 5.92 Å². The van der Waals surface area contributed by atoms with Crippen LogP contribution in [0.2, 0.25) is 0 Å². The van der Waals surface area contributed by atoms with Gasteiger partial charge in [0.15, 0.2) is 5.92 Å². The second-order valence-electron chi connectivity index (χ2n) is 6.04. The molecule has 3 atom stereocenters. The third-order valence-electron chi connectivity index (χ3n) is 3.71. The first-order valence-electron chi connectivity index (χ1n) is 7.82. The van der Waals surface area contributed by atoms with Gasteiger partial charge < -0.3 is 24.6 Å². The predicted octanol–water partition coefficient (Wildman–Crippen LogP) is -0.350. The number of carbonyl (C=O) groups is 4. The van der Waals surface area contributed by atoms with Crippen LogP contribution in [0, 0.1) is 17.8 Å². The van der Waals surface area contributed by atoms with Crippen LogP contribution >= 0.6 is 0 Å². The minimum Gasteiger partial charge on any atom is -0.468 e. The summed E-state index contributed by atoms with van der Waals surface area (Å²) in [6, 6.07) is -1.34. The summed E-state index contributed by atoms with van der Waals surface area (Å²) in [5, 5.41) is 12.2. The lowest BCUT2D eigenvalue weighted by atomic mass is 9.87. The number of esters is 3. The van der Waals surface area contributed by atoms with E-state index < -0.39 is 47.8 Å². The summed E-state index contributed by atoms with van der Waals surface area (Å²) in [4.78, 5) is 47.9. The molecule has 9 heteroatoms. The van der Waals surface area contributed by atoms with Crippen molar-refractivity contribution in [2.75, 3.05) is 21.3 Å². The number of hydrogen-bond acceptors (Lipinski definition) is 8. The zero-order chi connectivity index (χ0) is 19.7. The Morgan fingerprint density at radius 2 is 1.32 bits per heavy atom. The topological polar surface area (TPSA) is 128 Å². The molecular formula is C16H27NO8. The number of rotatable bonds is 9. The molecule has 0 aliphatic rings. The van der Waals surface area contributed by atoms with Crippen molar-refractivity contribution in [2.24, 2.45) is 17.8 Å². The standard InChI is InChI=1S/C16H27NO8/c1-8(2)7-10(18)13(19)17-12(16(22)25-6)9(3)11(14(20)23-4)15(21)24-5/h8-12,18H,7H2,1-6H3,(H,17,19)/t9-,10-,12-/m0/s1. The van der Waals surface area contributed by atoms with Crippen molar-refractivity contribution in [1.82, 2.24) is 5.32 Å². The minimum absolute atomic E-state index is 0.0487. The lowest BCUT2D eigenvalue weighted by molar-refractivity contribution is -0.163. The Labute approximate surface area is 147 Å². The van der Waals surface area contributed by atoms with E-state index in [4.69, 9.17) is 0 Å². The van der Waals surface area contributed by atoms with Gasteiger partial charge in [0.2, 0.25) is 5.91 Å². The molecule has 1 amide bonds. The Kier molecular flexibility index (Phi) is 9.73. The van der Waals surface area contributed by atoms with Gasteiger partial charge in [-0.3, -0.25) is 14.4 Å². The quantitative estimate of drug-likeness (QED) is 0.324. The van der Waals surface area contributed by atoms with Gasteiger partial charge in [0.25, 0.3) is 0 Å². The fraction of sp³-hybridized carbons (Fsp3) is 0.750. The van der Waals surface area contributed by atoms with E-state index in [1.807, 2.05) is 13.8 Å². The van der Waals surface area contributed by atoms with Crippen molar-refractivity contribution >= 4 is 23.8 Å². The fourth-order valence-electron chi connectivity index (χ4n) is 2.31. The highest BCUT2D eigenvalue weighted by atomic mass is 16.5. The maximum atomic E-state index is 12.1. The molecule has 0 aliphatic heterocycles. The van der Waals surface area contributed by atoms with Crippen molar-refractivity contribution in [1.29, 1.82) is 0 Å². The van der Waals surface area contributed by atoms with Crippen LogP contribution in [0.25, 0.3) is 0 Å². The smallest absolute Gasteiger partial charge is 0.328 e. The van der Waals surface area contributed by atoms with E-state index in [1.54, 1.807) is 0 Å². The molecule has 0 rings (SSSR count). The Balaban J connectivity index is 5.48. The monoisotopic (exact) mass is 361 g/mol. The van der Waals surface area contributed by atoms with Gasteiger partial charge in [-0.15, -0.1) is 0 Å². The Bertz CT molecular complexity index is 475. The van der Waals surface area contributed by atoms with Crippen LogP contribution in [-0.2, 0) is 33.4 Å². The van der Waals surface area contributed by atoms with Gasteiger partial charge in [-0.25, -0.2) is 4.79 Å². The SMILES string of the molecule is COC(=O)C(C(=O)OC)[C@H](C)[C@H](NC(=O)[C@@H](O)CC(C)C)C(=O)OC. The maximum absolute atomic E-state index is 12.1. The number of ether oxygens (including phenoxy) is 3. The second kappa shape index (κ2) is 10.7. The first-order chi connectivity index (χ1) is 11.6. The van der Waals surface area contributed by atoms with Gasteiger partial charge in [-0.2, -0.15) is 0 Å². The summed E-state index contributed by atoms with van der Waals surface area (Å²) in [5.41, 5.74) is 0. The molecule has 25 heavy (non-hydrogen) atoms. The van der Waals surface area contributed by atoms with Crippen LogP contribution in [-0.4, -0.2) is 62.4 Å². The van der Waals surface area contributed by atoms with Crippen molar-refractivity contribution in [3.8, 4) is 0 Å². The average molecular weight is 361 g/mol. The summed E-state index contributed by atoms with van der Waals surface area (Å²) in [6.07, 6.45) is -1.15. The van der Waals surface area contributed by atoms with E-state index in [0.717, 1.165) is 21.3 Å². The zero-order valence-corrected chi connectivity index (χ0v) is 15.4. The van der Waals surface area contributed by atoms with Gasteiger partial charge in [-0.1, -0.05) is 20.8 Å². The van der Waals surface area contributed by atoms with Crippen LogP contribution in [0.15, 0.2) is 0 Å². The molecule has 0 spiro atoms. The van der Waals surface area contributed by atoms with E-state index >= 15 is 0 Å². The van der Waals surface area contributed by atoms with Gasteiger partial charge in [-0.05, 0) is 12.3 Å². The average Bonchev–Trinajstić information content (AvgIpc) is 2.57. The molecule has 9 nitrogen and oxygen atoms in total. The first-order valence-corrected chi connectivity index (χ1v) is 7.82. The summed E-state index contributed by atoms with van der Waals surface area (Å²) < 4.78 is 13.8. The fourth-order valence-corrected chi connectivity index (χ4v) is 2.31. The molecule has 0 saturated carbocycles. The Morgan fingerprint density at radius 3 is 1.68 bits per heavy atom. The molecule has 0 heterocycles. The van der Waals surface area contributed by atoms with Crippen LogP contribution < -0.4 is 5.32 Å². The number of aliphatic hydroxyl groups is 1. The minimum atomic E-state index is -1.44. The molecule has 0 fully saturated rings. The number of amides is 1. The highest BCUT2D eigenvalue weighted by Gasteiger charge is 2.42. The van der Waals surface area contributed by atoms with Crippen LogP contribution in [0.4, 0.5) is 0 Å². The largest absolute Gasteiger partial charge is 0.468 e. The van der Waals surface area contributed by atoms with Crippen molar-refractivity contribution in [3.63, 3.8) is 0 Å². The second-order valence-corrected chi connectivity index (χ2v) is 6.04. The Hall–Kier alpha value is -2.16. The summed E-state index contributed by atoms with van der Waals surface area (Å²) in [7, 11) is 3.27. The normalized spacial score (nSPS) is 14.4. The van der Waals surface area contributed by atoms with Crippen molar-refractivity contribution < 1.29 is 38.5 Å². The van der Waals surface area contributed by atoms with Crippen molar-refractivity contribution in [3.05, 3.63) is 0 Å². The van der Waals surface area contributed by atoms with E-state index in [1.165, 1.54) is 6.92 Å². The Morgan fingerprint density at radius 1 is 0.880 bits per heavy atom. The van der Waals surface area contributed by atoms with Gasteiger partial charge in [0.1, 0.15) is 12.1 Å². The first kappa shape index (κ1) is 22.8. The number of methoxy groups -OCH3 is 3. The van der Waals surface area contributed by atoms with E-state index in [9.17, 15) is 24.3 Å². The van der Waals surface area contributed by atoms with Gasteiger partial charge >= 0.3 is 17.9 Å².